The topological polar surface area (TPSA) is 94.3 Å². The summed E-state index contributed by atoms with van der Waals surface area (Å²) in [6.45, 7) is 4.66. The van der Waals surface area contributed by atoms with E-state index in [0.717, 1.165) is 46.5 Å². The molecule has 5 rings (SSSR count). The molecule has 2 aromatic carbocycles. The lowest BCUT2D eigenvalue weighted by atomic mass is 9.98. The molecule has 1 aromatic heterocycles. The van der Waals surface area contributed by atoms with Gasteiger partial charge in [-0.2, -0.15) is 0 Å². The Labute approximate surface area is 244 Å². The Morgan fingerprint density at radius 3 is 2.38 bits per heavy atom. The fraction of sp³-hybridized carbons (Fsp3) is 0.344. The third-order valence-corrected chi connectivity index (χ3v) is 7.71. The number of Topliss-reactive ketones (excluding diaryl/α,β-unsaturated/α-hetero) is 1. The molecular formula is C32H34FN3O6. The number of rotatable bonds is 9. The van der Waals surface area contributed by atoms with Crippen molar-refractivity contribution in [2.45, 2.75) is 26.2 Å². The zero-order valence-electron chi connectivity index (χ0n) is 24.2. The normalized spacial score (nSPS) is 16.1. The summed E-state index contributed by atoms with van der Waals surface area (Å²) in [6, 6.07) is 9.92. The molecule has 1 aliphatic carbocycles. The number of amides is 1. The van der Waals surface area contributed by atoms with Crippen molar-refractivity contribution in [3.63, 3.8) is 0 Å². The van der Waals surface area contributed by atoms with Crippen molar-refractivity contribution in [2.75, 3.05) is 47.4 Å². The molecule has 0 atom stereocenters. The highest BCUT2D eigenvalue weighted by Gasteiger charge is 2.27. The number of carbonyl (C=O) groups is 2. The number of hydrogen-bond acceptors (Lipinski definition) is 8. The molecule has 1 aliphatic heterocycles. The van der Waals surface area contributed by atoms with Gasteiger partial charge in [0.25, 0.3) is 0 Å². The largest absolute Gasteiger partial charge is 0.493 e. The molecule has 10 heteroatoms. The number of methoxy groups -OCH3 is 2. The number of nitrogens with zero attached hydrogens (tertiary/aromatic N) is 3. The van der Waals surface area contributed by atoms with Crippen molar-refractivity contribution < 1.29 is 32.7 Å². The summed E-state index contributed by atoms with van der Waals surface area (Å²) in [5.41, 5.74) is 5.15. The summed E-state index contributed by atoms with van der Waals surface area (Å²) in [7, 11) is 5.03. The van der Waals surface area contributed by atoms with Crippen LogP contribution in [0.25, 0.3) is 17.2 Å². The van der Waals surface area contributed by atoms with Gasteiger partial charge in [0, 0.05) is 38.7 Å². The number of aromatic nitrogens is 1. The van der Waals surface area contributed by atoms with Gasteiger partial charge in [-0.05, 0) is 84.1 Å². The van der Waals surface area contributed by atoms with Crippen molar-refractivity contribution in [3.8, 4) is 17.2 Å². The Kier molecular flexibility index (Phi) is 8.72. The van der Waals surface area contributed by atoms with E-state index in [0.29, 0.717) is 36.8 Å². The number of piperazine rings is 1. The summed E-state index contributed by atoms with van der Waals surface area (Å²) < 4.78 is 36.4. The van der Waals surface area contributed by atoms with Gasteiger partial charge in [-0.15, -0.1) is 0 Å². The second-order valence-electron chi connectivity index (χ2n) is 10.5. The Morgan fingerprint density at radius 2 is 1.74 bits per heavy atom. The lowest BCUT2D eigenvalue weighted by Gasteiger charge is -2.31. The Morgan fingerprint density at radius 1 is 1.02 bits per heavy atom. The molecule has 42 heavy (non-hydrogen) atoms. The number of likely N-dealkylation sites (N-methyl/N-ethyl adjacent to an activating group) is 1. The van der Waals surface area contributed by atoms with E-state index < -0.39 is 6.09 Å². The number of allylic oxidation sites excluding steroid dienone is 3. The highest BCUT2D eigenvalue weighted by Crippen LogP contribution is 2.46. The second-order valence-corrected chi connectivity index (χ2v) is 10.5. The van der Waals surface area contributed by atoms with Crippen LogP contribution in [0.15, 0.2) is 52.7 Å². The van der Waals surface area contributed by atoms with Crippen molar-refractivity contribution in [3.05, 3.63) is 76.4 Å². The summed E-state index contributed by atoms with van der Waals surface area (Å²) in [5.74, 6) is 1.09. The first-order chi connectivity index (χ1) is 20.3. The van der Waals surface area contributed by atoms with Crippen LogP contribution in [-0.4, -0.2) is 74.3 Å². The van der Waals surface area contributed by atoms with E-state index in [1.54, 1.807) is 29.2 Å². The van der Waals surface area contributed by atoms with Gasteiger partial charge in [0.1, 0.15) is 17.4 Å². The number of halogens is 1. The molecule has 220 valence electrons. The smallest absolute Gasteiger partial charge is 0.415 e. The Hall–Kier alpha value is -4.44. The lowest BCUT2D eigenvalue weighted by Crippen LogP contribution is -2.48. The average molecular weight is 576 g/mol. The molecule has 9 nitrogen and oxygen atoms in total. The number of benzene rings is 2. The molecule has 0 spiro atoms. The van der Waals surface area contributed by atoms with Crippen LogP contribution in [0.2, 0.25) is 0 Å². The minimum absolute atomic E-state index is 0.0126. The molecule has 2 aliphatic rings. The zero-order chi connectivity index (χ0) is 29.8. The number of fused-ring (bicyclic) bond motifs is 1. The first-order valence-corrected chi connectivity index (χ1v) is 13.8. The van der Waals surface area contributed by atoms with Gasteiger partial charge in [0.2, 0.25) is 5.75 Å². The Balaban J connectivity index is 1.43. The van der Waals surface area contributed by atoms with Crippen LogP contribution in [0.5, 0.6) is 17.2 Å². The monoisotopic (exact) mass is 575 g/mol. The van der Waals surface area contributed by atoms with Gasteiger partial charge in [-0.25, -0.2) is 9.18 Å². The van der Waals surface area contributed by atoms with E-state index in [-0.39, 0.29) is 30.2 Å². The van der Waals surface area contributed by atoms with E-state index in [1.807, 2.05) is 20.0 Å². The molecule has 1 fully saturated rings. The number of carbonyl (C=O) groups excluding carboxylic acids is 2. The molecule has 0 N–H and O–H groups in total. The summed E-state index contributed by atoms with van der Waals surface area (Å²) in [5, 5.41) is 3.65. The molecule has 2 heterocycles. The van der Waals surface area contributed by atoms with Crippen LogP contribution in [-0.2, 0) is 11.2 Å². The highest BCUT2D eigenvalue weighted by molar-refractivity contribution is 6.05. The molecule has 3 aromatic rings. The van der Waals surface area contributed by atoms with Gasteiger partial charge in [-0.1, -0.05) is 11.2 Å². The van der Waals surface area contributed by atoms with Crippen LogP contribution in [0.4, 0.5) is 9.18 Å². The molecule has 1 amide bonds. The van der Waals surface area contributed by atoms with Gasteiger partial charge >= 0.3 is 6.09 Å². The van der Waals surface area contributed by atoms with Crippen molar-refractivity contribution in [1.29, 1.82) is 0 Å². The fourth-order valence-electron chi connectivity index (χ4n) is 5.35. The molecule has 0 unspecified atom stereocenters. The molecule has 0 saturated carbocycles. The second kappa shape index (κ2) is 12.6. The first kappa shape index (κ1) is 29.1. The van der Waals surface area contributed by atoms with Gasteiger partial charge in [0.05, 0.1) is 26.8 Å². The highest BCUT2D eigenvalue weighted by atomic mass is 19.1. The Bertz CT molecular complexity index is 1510. The number of hydrogen-bond donors (Lipinski definition) is 0. The first-order valence-electron chi connectivity index (χ1n) is 13.8. The standard InChI is InChI=1S/C32H34FN3O6/c1-20-25(8-6-23(37)19-24-9-10-34-42-24)28-18-22(33)5-7-26(28)27(20)15-21-16-29(39-3)31(30(17-21)40-4)41-32(38)36-13-11-35(2)12-14-36/h5,7,9-10,15-18H,6,8,11-14,19H2,1-4H3. The van der Waals surface area contributed by atoms with E-state index >= 15 is 0 Å². The maximum absolute atomic E-state index is 14.4. The summed E-state index contributed by atoms with van der Waals surface area (Å²) in [6.07, 6.45) is 3.92. The minimum atomic E-state index is -0.459. The molecule has 0 bridgehead atoms. The SMILES string of the molecule is COc1cc(C=C2C(C)=C(CCC(=O)Cc3ccno3)c3cc(F)ccc32)cc(OC)c1OC(=O)N1CCN(C)CC1. The average Bonchev–Trinajstić information content (AvgIpc) is 3.58. The molecule has 0 radical (unpaired) electrons. The fourth-order valence-corrected chi connectivity index (χ4v) is 5.35. The minimum Gasteiger partial charge on any atom is -0.493 e. The number of ketones is 1. The maximum Gasteiger partial charge on any atom is 0.415 e. The van der Waals surface area contributed by atoms with Gasteiger partial charge in [-0.3, -0.25) is 4.79 Å². The summed E-state index contributed by atoms with van der Waals surface area (Å²) in [4.78, 5) is 29.3. The maximum atomic E-state index is 14.4. The van der Waals surface area contributed by atoms with E-state index in [9.17, 15) is 14.0 Å². The number of ether oxygens (including phenoxy) is 3. The third kappa shape index (κ3) is 6.23. The van der Waals surface area contributed by atoms with Gasteiger partial charge in [0.15, 0.2) is 11.5 Å². The van der Waals surface area contributed by atoms with E-state index in [2.05, 4.69) is 10.1 Å². The van der Waals surface area contributed by atoms with E-state index in [1.165, 1.54) is 32.5 Å². The zero-order valence-corrected chi connectivity index (χ0v) is 24.2. The van der Waals surface area contributed by atoms with Gasteiger partial charge < -0.3 is 28.5 Å². The van der Waals surface area contributed by atoms with Crippen LogP contribution < -0.4 is 14.2 Å². The predicted molar refractivity (Wildman–Crippen MR) is 156 cm³/mol. The predicted octanol–water partition coefficient (Wildman–Crippen LogP) is 5.50. The van der Waals surface area contributed by atoms with Crippen LogP contribution >= 0.6 is 0 Å². The van der Waals surface area contributed by atoms with Crippen LogP contribution in [0.1, 0.15) is 42.2 Å². The molecular weight excluding hydrogens is 541 g/mol. The third-order valence-electron chi connectivity index (χ3n) is 7.71. The van der Waals surface area contributed by atoms with Crippen molar-refractivity contribution in [2.24, 2.45) is 0 Å². The quantitative estimate of drug-likeness (QED) is 0.330. The lowest BCUT2D eigenvalue weighted by molar-refractivity contribution is -0.118. The van der Waals surface area contributed by atoms with Crippen LogP contribution in [0.3, 0.4) is 0 Å². The molecule has 1 saturated heterocycles. The van der Waals surface area contributed by atoms with Crippen LogP contribution in [0, 0.1) is 5.82 Å². The van der Waals surface area contributed by atoms with E-state index in [4.69, 9.17) is 18.7 Å². The van der Waals surface area contributed by atoms with Crippen molar-refractivity contribution >= 4 is 29.1 Å². The summed E-state index contributed by atoms with van der Waals surface area (Å²) >= 11 is 0. The van der Waals surface area contributed by atoms with Crippen molar-refractivity contribution in [1.82, 2.24) is 15.0 Å².